The Morgan fingerprint density at radius 2 is 2.06 bits per heavy atom. The molecule has 3 heterocycles. The van der Waals surface area contributed by atoms with E-state index in [4.69, 9.17) is 0 Å². The molecule has 1 aromatic carbocycles. The number of hydrogen-bond acceptors (Lipinski definition) is 2. The van der Waals surface area contributed by atoms with Gasteiger partial charge in [0, 0.05) is 24.6 Å². The maximum atomic E-state index is 12.5. The number of allylic oxidation sites excluding steroid dienone is 1. The van der Waals surface area contributed by atoms with E-state index in [9.17, 15) is 4.79 Å². The van der Waals surface area contributed by atoms with Crippen molar-refractivity contribution in [3.8, 4) is 0 Å². The summed E-state index contributed by atoms with van der Waals surface area (Å²) in [4.78, 5) is 14.7. The van der Waals surface area contributed by atoms with Gasteiger partial charge < -0.3 is 4.90 Å². The van der Waals surface area contributed by atoms with Crippen LogP contribution in [0.2, 0.25) is 0 Å². The van der Waals surface area contributed by atoms with Gasteiger partial charge in [-0.3, -0.25) is 9.36 Å². The highest BCUT2D eigenvalue weighted by atomic mass is 16.2. The van der Waals surface area contributed by atoms with Crippen molar-refractivity contribution in [1.29, 1.82) is 0 Å². The first-order chi connectivity index (χ1) is 8.77. The summed E-state index contributed by atoms with van der Waals surface area (Å²) in [7, 11) is 2.08. The Bertz CT molecular complexity index is 708. The van der Waals surface area contributed by atoms with Crippen molar-refractivity contribution in [1.82, 2.24) is 9.47 Å². The minimum absolute atomic E-state index is 0.174. The van der Waals surface area contributed by atoms with Crippen LogP contribution in [0, 0.1) is 0 Å². The summed E-state index contributed by atoms with van der Waals surface area (Å²) < 4.78 is 1.88. The number of benzene rings is 1. The van der Waals surface area contributed by atoms with Crippen molar-refractivity contribution in [2.45, 2.75) is 12.8 Å². The van der Waals surface area contributed by atoms with Crippen LogP contribution >= 0.6 is 0 Å². The third-order valence-electron chi connectivity index (χ3n) is 4.00. The lowest BCUT2D eigenvalue weighted by Gasteiger charge is -2.25. The monoisotopic (exact) mass is 238 g/mol. The fourth-order valence-electron chi connectivity index (χ4n) is 3.19. The average molecular weight is 238 g/mol. The van der Waals surface area contributed by atoms with Gasteiger partial charge in [0.2, 0.25) is 0 Å². The van der Waals surface area contributed by atoms with Crippen molar-refractivity contribution in [2.75, 3.05) is 13.6 Å². The Morgan fingerprint density at radius 3 is 2.94 bits per heavy atom. The van der Waals surface area contributed by atoms with Gasteiger partial charge in [-0.1, -0.05) is 18.2 Å². The van der Waals surface area contributed by atoms with E-state index in [0.29, 0.717) is 0 Å². The SMILES string of the molecule is CN1CCCC2=C1c1cc3ccccc3n1C2=O. The first kappa shape index (κ1) is 9.95. The summed E-state index contributed by atoms with van der Waals surface area (Å²) >= 11 is 0. The van der Waals surface area contributed by atoms with Crippen LogP contribution in [-0.4, -0.2) is 29.0 Å². The minimum Gasteiger partial charge on any atom is -0.373 e. The van der Waals surface area contributed by atoms with Crippen LogP contribution in [0.3, 0.4) is 0 Å². The third kappa shape index (κ3) is 1.07. The number of aromatic nitrogens is 1. The van der Waals surface area contributed by atoms with Crippen LogP contribution in [0.5, 0.6) is 0 Å². The molecule has 0 fully saturated rings. The fraction of sp³-hybridized carbons (Fsp3) is 0.267. The molecular formula is C15H14N2O. The molecule has 2 aromatic rings. The van der Waals surface area contributed by atoms with Gasteiger partial charge in [-0.25, -0.2) is 0 Å². The van der Waals surface area contributed by atoms with E-state index in [0.717, 1.165) is 47.3 Å². The number of para-hydroxylation sites is 1. The van der Waals surface area contributed by atoms with E-state index in [2.05, 4.69) is 24.1 Å². The summed E-state index contributed by atoms with van der Waals surface area (Å²) in [5.41, 5.74) is 4.23. The molecule has 0 saturated heterocycles. The largest absolute Gasteiger partial charge is 0.373 e. The lowest BCUT2D eigenvalue weighted by molar-refractivity contribution is 0.0961. The molecule has 0 amide bonds. The van der Waals surface area contributed by atoms with Gasteiger partial charge in [0.1, 0.15) is 0 Å². The van der Waals surface area contributed by atoms with Crippen LogP contribution in [0.15, 0.2) is 35.9 Å². The van der Waals surface area contributed by atoms with Crippen molar-refractivity contribution < 1.29 is 4.79 Å². The second kappa shape index (κ2) is 3.25. The molecule has 0 saturated carbocycles. The molecule has 18 heavy (non-hydrogen) atoms. The minimum atomic E-state index is 0.174. The Balaban J connectivity index is 2.06. The zero-order valence-corrected chi connectivity index (χ0v) is 10.3. The first-order valence-electron chi connectivity index (χ1n) is 6.37. The quantitative estimate of drug-likeness (QED) is 0.705. The van der Waals surface area contributed by atoms with Gasteiger partial charge in [0.25, 0.3) is 5.91 Å². The topological polar surface area (TPSA) is 25.2 Å². The highest BCUT2D eigenvalue weighted by Crippen LogP contribution is 2.39. The number of nitrogens with zero attached hydrogens (tertiary/aromatic N) is 2. The smallest absolute Gasteiger partial charge is 0.261 e. The summed E-state index contributed by atoms with van der Waals surface area (Å²) in [6.07, 6.45) is 1.98. The Hall–Kier alpha value is -2.03. The molecule has 0 aliphatic carbocycles. The van der Waals surface area contributed by atoms with E-state index in [-0.39, 0.29) is 5.91 Å². The standard InChI is InChI=1S/C15H14N2O/c1-16-8-4-6-11-14(16)13-9-10-5-2-3-7-12(10)17(13)15(11)18/h2-3,5,7,9H,4,6,8H2,1H3. The summed E-state index contributed by atoms with van der Waals surface area (Å²) in [5, 5.41) is 1.14. The van der Waals surface area contributed by atoms with Gasteiger partial charge in [-0.2, -0.15) is 0 Å². The molecule has 0 spiro atoms. The molecule has 1 aromatic heterocycles. The first-order valence-corrected chi connectivity index (χ1v) is 6.37. The molecule has 0 unspecified atom stereocenters. The predicted octanol–water partition coefficient (Wildman–Crippen LogP) is 2.73. The Kier molecular flexibility index (Phi) is 1.80. The molecule has 3 nitrogen and oxygen atoms in total. The molecule has 0 N–H and O–H groups in total. The van der Waals surface area contributed by atoms with E-state index >= 15 is 0 Å². The van der Waals surface area contributed by atoms with Gasteiger partial charge in [0.05, 0.1) is 16.9 Å². The van der Waals surface area contributed by atoms with Crippen molar-refractivity contribution in [2.24, 2.45) is 0 Å². The molecule has 90 valence electrons. The third-order valence-corrected chi connectivity index (χ3v) is 4.00. The highest BCUT2D eigenvalue weighted by Gasteiger charge is 2.34. The molecule has 3 heteroatoms. The number of hydrogen-bond donors (Lipinski definition) is 0. The molecular weight excluding hydrogens is 224 g/mol. The van der Waals surface area contributed by atoms with Crippen LogP contribution in [-0.2, 0) is 0 Å². The van der Waals surface area contributed by atoms with E-state index in [1.54, 1.807) is 0 Å². The van der Waals surface area contributed by atoms with E-state index in [1.807, 2.05) is 22.8 Å². The molecule has 2 aliphatic heterocycles. The van der Waals surface area contributed by atoms with E-state index < -0.39 is 0 Å². The molecule has 0 bridgehead atoms. The molecule has 4 rings (SSSR count). The van der Waals surface area contributed by atoms with Crippen molar-refractivity contribution in [3.63, 3.8) is 0 Å². The van der Waals surface area contributed by atoms with Gasteiger partial charge in [0.15, 0.2) is 0 Å². The average Bonchev–Trinajstić information content (AvgIpc) is 2.87. The maximum Gasteiger partial charge on any atom is 0.261 e. The lowest BCUT2D eigenvalue weighted by Crippen LogP contribution is -2.22. The summed E-state index contributed by atoms with van der Waals surface area (Å²) in [6, 6.07) is 10.2. The number of carbonyl (C=O) groups excluding carboxylic acids is 1. The maximum absolute atomic E-state index is 12.5. The second-order valence-corrected chi connectivity index (χ2v) is 5.08. The number of carbonyl (C=O) groups is 1. The highest BCUT2D eigenvalue weighted by molar-refractivity contribution is 6.13. The van der Waals surface area contributed by atoms with Gasteiger partial charge in [-0.05, 0) is 25.0 Å². The van der Waals surface area contributed by atoms with Crippen LogP contribution in [0.25, 0.3) is 16.6 Å². The fourth-order valence-corrected chi connectivity index (χ4v) is 3.19. The van der Waals surface area contributed by atoms with Crippen LogP contribution in [0.4, 0.5) is 0 Å². The zero-order valence-electron chi connectivity index (χ0n) is 10.3. The molecule has 2 aliphatic rings. The van der Waals surface area contributed by atoms with Gasteiger partial charge >= 0.3 is 0 Å². The lowest BCUT2D eigenvalue weighted by atomic mass is 10.0. The number of rotatable bonds is 0. The summed E-state index contributed by atoms with van der Waals surface area (Å²) in [6.45, 7) is 1.04. The zero-order chi connectivity index (χ0) is 12.3. The summed E-state index contributed by atoms with van der Waals surface area (Å²) in [5.74, 6) is 0.174. The van der Waals surface area contributed by atoms with Crippen LogP contribution in [0.1, 0.15) is 23.3 Å². The number of fused-ring (bicyclic) bond motifs is 4. The van der Waals surface area contributed by atoms with Gasteiger partial charge in [-0.15, -0.1) is 0 Å². The molecule has 0 atom stereocenters. The predicted molar refractivity (Wildman–Crippen MR) is 71.3 cm³/mol. The van der Waals surface area contributed by atoms with E-state index in [1.165, 1.54) is 0 Å². The Morgan fingerprint density at radius 1 is 1.22 bits per heavy atom. The van der Waals surface area contributed by atoms with Crippen LogP contribution < -0.4 is 0 Å². The van der Waals surface area contributed by atoms with Crippen molar-refractivity contribution in [3.05, 3.63) is 41.6 Å². The van der Waals surface area contributed by atoms with Crippen molar-refractivity contribution >= 4 is 22.5 Å². The normalized spacial score (nSPS) is 18.5. The molecule has 0 radical (unpaired) electrons. The second-order valence-electron chi connectivity index (χ2n) is 5.08. The Labute approximate surface area is 105 Å².